The van der Waals surface area contributed by atoms with Crippen molar-refractivity contribution in [3.05, 3.63) is 0 Å². The molecule has 0 aromatic carbocycles. The van der Waals surface area contributed by atoms with Crippen molar-refractivity contribution in [2.75, 3.05) is 52.4 Å². The van der Waals surface area contributed by atoms with Gasteiger partial charge < -0.3 is 15.0 Å². The Hall–Kier alpha value is 0.130. The highest BCUT2D eigenvalue weighted by Gasteiger charge is 2.28. The van der Waals surface area contributed by atoms with Gasteiger partial charge in [-0.25, -0.2) is 0 Å². The zero-order chi connectivity index (χ0) is 13.8. The third-order valence-electron chi connectivity index (χ3n) is 5.32. The summed E-state index contributed by atoms with van der Waals surface area (Å²) in [6.45, 7) is 11.8. The van der Waals surface area contributed by atoms with Gasteiger partial charge in [-0.15, -0.1) is 12.4 Å². The minimum Gasteiger partial charge on any atom is -0.376 e. The summed E-state index contributed by atoms with van der Waals surface area (Å²) in [4.78, 5) is 5.40. The maximum Gasteiger partial charge on any atom is 0.0674 e. The van der Waals surface area contributed by atoms with Gasteiger partial charge in [0.2, 0.25) is 0 Å². The van der Waals surface area contributed by atoms with E-state index in [-0.39, 0.29) is 12.4 Å². The Morgan fingerprint density at radius 3 is 2.43 bits per heavy atom. The first-order valence-electron chi connectivity index (χ1n) is 8.60. The molecule has 0 saturated carbocycles. The summed E-state index contributed by atoms with van der Waals surface area (Å²) in [5.74, 6) is 0.941. The fraction of sp³-hybridized carbons (Fsp3) is 1.00. The molecule has 3 aliphatic rings. The van der Waals surface area contributed by atoms with Crippen molar-refractivity contribution in [2.45, 2.75) is 44.8 Å². The number of hydrogen-bond donors (Lipinski definition) is 1. The predicted molar refractivity (Wildman–Crippen MR) is 89.3 cm³/mol. The molecule has 124 valence electrons. The Morgan fingerprint density at radius 2 is 1.76 bits per heavy atom. The van der Waals surface area contributed by atoms with Crippen LogP contribution in [0.4, 0.5) is 0 Å². The number of hydrogen-bond acceptors (Lipinski definition) is 4. The monoisotopic (exact) mass is 317 g/mol. The first-order chi connectivity index (χ1) is 9.81. The molecule has 0 aromatic heterocycles. The van der Waals surface area contributed by atoms with Gasteiger partial charge >= 0.3 is 0 Å². The molecule has 0 bridgehead atoms. The first kappa shape index (κ1) is 17.5. The van der Waals surface area contributed by atoms with Gasteiger partial charge in [0.1, 0.15) is 0 Å². The highest BCUT2D eigenvalue weighted by molar-refractivity contribution is 5.85. The molecule has 5 heteroatoms. The second-order valence-electron chi connectivity index (χ2n) is 6.90. The summed E-state index contributed by atoms with van der Waals surface area (Å²) in [7, 11) is 0. The molecule has 1 atom stereocenters. The number of rotatable bonds is 3. The van der Waals surface area contributed by atoms with Crippen molar-refractivity contribution in [2.24, 2.45) is 5.92 Å². The summed E-state index contributed by atoms with van der Waals surface area (Å²) in [5, 5.41) is 3.47. The fourth-order valence-electron chi connectivity index (χ4n) is 4.07. The zero-order valence-electron chi connectivity index (χ0n) is 13.4. The molecule has 1 unspecified atom stereocenters. The number of halogens is 1. The molecule has 3 saturated heterocycles. The summed E-state index contributed by atoms with van der Waals surface area (Å²) in [5.41, 5.74) is 0. The highest BCUT2D eigenvalue weighted by atomic mass is 35.5. The van der Waals surface area contributed by atoms with E-state index in [1.54, 1.807) is 0 Å². The Morgan fingerprint density at radius 1 is 1.05 bits per heavy atom. The van der Waals surface area contributed by atoms with Crippen LogP contribution in [0.1, 0.15) is 32.6 Å². The van der Waals surface area contributed by atoms with Gasteiger partial charge in [-0.05, 0) is 64.7 Å². The standard InChI is InChI=1S/C16H31N3O.ClH/c1-14-12-19(10-11-20-14)16-4-8-18(9-5-16)13-15-2-6-17-7-3-15;/h14-17H,2-13H2,1H3;1H. The van der Waals surface area contributed by atoms with E-state index in [2.05, 4.69) is 22.0 Å². The molecule has 3 aliphatic heterocycles. The molecule has 0 aliphatic carbocycles. The smallest absolute Gasteiger partial charge is 0.0674 e. The second-order valence-corrected chi connectivity index (χ2v) is 6.90. The maximum absolute atomic E-state index is 5.66. The lowest BCUT2D eigenvalue weighted by Gasteiger charge is -2.42. The van der Waals surface area contributed by atoms with Crippen LogP contribution in [0.5, 0.6) is 0 Å². The average Bonchev–Trinajstić information content (AvgIpc) is 2.49. The number of nitrogens with zero attached hydrogens (tertiary/aromatic N) is 2. The molecule has 1 N–H and O–H groups in total. The van der Waals surface area contributed by atoms with Crippen LogP contribution in [0.25, 0.3) is 0 Å². The number of nitrogens with one attached hydrogen (secondary N) is 1. The summed E-state index contributed by atoms with van der Waals surface area (Å²) in [6.07, 6.45) is 5.90. The molecule has 4 nitrogen and oxygen atoms in total. The zero-order valence-corrected chi connectivity index (χ0v) is 14.2. The van der Waals surface area contributed by atoms with Crippen LogP contribution in [0.15, 0.2) is 0 Å². The van der Waals surface area contributed by atoms with Crippen LogP contribution >= 0.6 is 12.4 Å². The average molecular weight is 318 g/mol. The largest absolute Gasteiger partial charge is 0.376 e. The van der Waals surface area contributed by atoms with Crippen molar-refractivity contribution in [3.63, 3.8) is 0 Å². The summed E-state index contributed by atoms with van der Waals surface area (Å²) >= 11 is 0. The van der Waals surface area contributed by atoms with Crippen LogP contribution in [0.2, 0.25) is 0 Å². The minimum absolute atomic E-state index is 0. The molecular weight excluding hydrogens is 286 g/mol. The molecule has 0 aromatic rings. The van der Waals surface area contributed by atoms with E-state index in [9.17, 15) is 0 Å². The van der Waals surface area contributed by atoms with Crippen molar-refractivity contribution >= 4 is 12.4 Å². The van der Waals surface area contributed by atoms with Gasteiger partial charge in [0, 0.05) is 25.7 Å². The Bertz CT molecular complexity index is 291. The molecule has 0 spiro atoms. The molecule has 3 rings (SSSR count). The highest BCUT2D eigenvalue weighted by Crippen LogP contribution is 2.21. The van der Waals surface area contributed by atoms with Crippen molar-refractivity contribution in [3.8, 4) is 0 Å². The normalized spacial score (nSPS) is 31.0. The lowest BCUT2D eigenvalue weighted by Crippen LogP contribution is -2.51. The van der Waals surface area contributed by atoms with Crippen molar-refractivity contribution in [1.29, 1.82) is 0 Å². The Kier molecular flexibility index (Phi) is 7.23. The summed E-state index contributed by atoms with van der Waals surface area (Å²) < 4.78 is 5.66. The van der Waals surface area contributed by atoms with Gasteiger partial charge in [-0.2, -0.15) is 0 Å². The van der Waals surface area contributed by atoms with E-state index in [0.717, 1.165) is 31.7 Å². The Labute approximate surface area is 136 Å². The fourth-order valence-corrected chi connectivity index (χ4v) is 4.07. The van der Waals surface area contributed by atoms with Crippen molar-refractivity contribution < 1.29 is 4.74 Å². The number of ether oxygens (including phenoxy) is 1. The van der Waals surface area contributed by atoms with Crippen LogP contribution in [0, 0.1) is 5.92 Å². The second kappa shape index (κ2) is 8.68. The van der Waals surface area contributed by atoms with E-state index in [0.29, 0.717) is 6.10 Å². The third-order valence-corrected chi connectivity index (χ3v) is 5.32. The topological polar surface area (TPSA) is 27.7 Å². The molecule has 3 heterocycles. The van der Waals surface area contributed by atoms with Crippen LogP contribution in [0.3, 0.4) is 0 Å². The lowest BCUT2D eigenvalue weighted by molar-refractivity contribution is -0.0440. The molecular formula is C16H32ClN3O. The maximum atomic E-state index is 5.66. The molecule has 3 fully saturated rings. The van der Waals surface area contributed by atoms with E-state index < -0.39 is 0 Å². The quantitative estimate of drug-likeness (QED) is 0.855. The van der Waals surface area contributed by atoms with Gasteiger partial charge in [-0.1, -0.05) is 0 Å². The predicted octanol–water partition coefficient (Wildman–Crippen LogP) is 1.59. The number of likely N-dealkylation sites (tertiary alicyclic amines) is 1. The minimum atomic E-state index is 0. The van der Waals surface area contributed by atoms with Crippen LogP contribution < -0.4 is 5.32 Å². The number of piperidine rings is 2. The van der Waals surface area contributed by atoms with Gasteiger partial charge in [-0.3, -0.25) is 4.90 Å². The van der Waals surface area contributed by atoms with Gasteiger partial charge in [0.05, 0.1) is 12.7 Å². The third kappa shape index (κ3) is 5.07. The van der Waals surface area contributed by atoms with E-state index in [1.807, 2.05) is 0 Å². The van der Waals surface area contributed by atoms with E-state index in [4.69, 9.17) is 4.74 Å². The van der Waals surface area contributed by atoms with Crippen LogP contribution in [-0.2, 0) is 4.74 Å². The molecule has 0 radical (unpaired) electrons. The SMILES string of the molecule is CC1CN(C2CCN(CC3CCNCC3)CC2)CCO1.Cl. The van der Waals surface area contributed by atoms with Crippen molar-refractivity contribution in [1.82, 2.24) is 15.1 Å². The van der Waals surface area contributed by atoms with Crippen LogP contribution in [-0.4, -0.2) is 74.4 Å². The summed E-state index contributed by atoms with van der Waals surface area (Å²) in [6, 6.07) is 0.811. The van der Waals surface area contributed by atoms with Gasteiger partial charge in [0.15, 0.2) is 0 Å². The first-order valence-corrected chi connectivity index (χ1v) is 8.60. The molecule has 0 amide bonds. The lowest BCUT2D eigenvalue weighted by atomic mass is 9.95. The van der Waals surface area contributed by atoms with Gasteiger partial charge in [0.25, 0.3) is 0 Å². The molecule has 21 heavy (non-hydrogen) atoms. The number of morpholine rings is 1. The van der Waals surface area contributed by atoms with E-state index >= 15 is 0 Å². The van der Waals surface area contributed by atoms with E-state index in [1.165, 1.54) is 58.4 Å². The Balaban J connectivity index is 0.00000161.